The molecule has 6 N–H and O–H groups in total. The number of nitrogens with zero attached hydrogens (tertiary/aromatic N) is 3. The van der Waals surface area contributed by atoms with Crippen molar-refractivity contribution in [2.45, 2.75) is 6.92 Å². The Morgan fingerprint density at radius 2 is 1.89 bits per heavy atom. The fourth-order valence-corrected chi connectivity index (χ4v) is 2.41. The Labute approximate surface area is 153 Å². The van der Waals surface area contributed by atoms with Gasteiger partial charge in [0.2, 0.25) is 0 Å². The number of H-pyrrole nitrogens is 1. The SMILES string of the molecule is Cc1cc(N=C(N)N/C(=C(\N)c2ccncc2F)c2ccccc2F)n[nH]1. The second-order valence-corrected chi connectivity index (χ2v) is 5.66. The molecule has 0 bridgehead atoms. The van der Waals surface area contributed by atoms with Crippen molar-refractivity contribution in [3.05, 3.63) is 77.2 Å². The van der Waals surface area contributed by atoms with Gasteiger partial charge in [-0.2, -0.15) is 10.1 Å². The number of aromatic amines is 1. The highest BCUT2D eigenvalue weighted by Gasteiger charge is 2.16. The van der Waals surface area contributed by atoms with Gasteiger partial charge in [-0.05, 0) is 25.1 Å². The highest BCUT2D eigenvalue weighted by molar-refractivity contribution is 5.98. The lowest BCUT2D eigenvalue weighted by molar-refractivity contribution is 0.616. The summed E-state index contributed by atoms with van der Waals surface area (Å²) >= 11 is 0. The monoisotopic (exact) mass is 369 g/mol. The number of benzene rings is 1. The van der Waals surface area contributed by atoms with Crippen LogP contribution in [0.2, 0.25) is 0 Å². The normalized spacial score (nSPS) is 12.6. The van der Waals surface area contributed by atoms with E-state index >= 15 is 0 Å². The molecule has 0 amide bonds. The standard InChI is InChI=1S/C18H17F2N7/c1-10-8-15(27-26-10)24-18(22)25-17(12-4-2-3-5-13(12)19)16(21)11-6-7-23-9-14(11)20/h2-9H,21H2,1H3,(H4,22,24,25,26,27)/b17-16-. The first-order valence-electron chi connectivity index (χ1n) is 7.93. The van der Waals surface area contributed by atoms with E-state index in [1.54, 1.807) is 12.1 Å². The molecule has 3 aromatic rings. The second-order valence-electron chi connectivity index (χ2n) is 5.66. The summed E-state index contributed by atoms with van der Waals surface area (Å²) in [4.78, 5) is 7.78. The zero-order valence-corrected chi connectivity index (χ0v) is 14.4. The number of aromatic nitrogens is 3. The lowest BCUT2D eigenvalue weighted by Crippen LogP contribution is -2.32. The van der Waals surface area contributed by atoms with Gasteiger partial charge < -0.3 is 16.8 Å². The number of hydrogen-bond acceptors (Lipinski definition) is 4. The van der Waals surface area contributed by atoms with Crippen LogP contribution >= 0.6 is 0 Å². The predicted octanol–water partition coefficient (Wildman–Crippen LogP) is 2.41. The molecule has 2 aromatic heterocycles. The molecule has 3 rings (SSSR count). The minimum absolute atomic E-state index is 0.0450. The zero-order chi connectivity index (χ0) is 19.4. The number of guanidine groups is 1. The van der Waals surface area contributed by atoms with Gasteiger partial charge in [-0.25, -0.2) is 8.78 Å². The van der Waals surface area contributed by atoms with Crippen LogP contribution in [-0.4, -0.2) is 21.1 Å². The first kappa shape index (κ1) is 18.1. The first-order valence-corrected chi connectivity index (χ1v) is 7.93. The van der Waals surface area contributed by atoms with E-state index in [2.05, 4.69) is 25.5 Å². The Kier molecular flexibility index (Phi) is 5.11. The molecule has 0 aliphatic rings. The minimum atomic E-state index is -0.649. The molecule has 27 heavy (non-hydrogen) atoms. The fourth-order valence-electron chi connectivity index (χ4n) is 2.41. The molecule has 0 aliphatic carbocycles. The lowest BCUT2D eigenvalue weighted by atomic mass is 10.1. The lowest BCUT2D eigenvalue weighted by Gasteiger charge is -2.15. The van der Waals surface area contributed by atoms with Gasteiger partial charge in [-0.15, -0.1) is 0 Å². The Morgan fingerprint density at radius 1 is 1.11 bits per heavy atom. The summed E-state index contributed by atoms with van der Waals surface area (Å²) in [7, 11) is 0. The summed E-state index contributed by atoms with van der Waals surface area (Å²) in [5.74, 6) is -0.957. The average Bonchev–Trinajstić information content (AvgIpc) is 3.05. The molecule has 0 spiro atoms. The molecule has 7 nitrogen and oxygen atoms in total. The van der Waals surface area contributed by atoms with Crippen LogP contribution in [0.15, 0.2) is 53.8 Å². The van der Waals surface area contributed by atoms with Crippen LogP contribution in [0.5, 0.6) is 0 Å². The number of hydrogen-bond donors (Lipinski definition) is 4. The summed E-state index contributed by atoms with van der Waals surface area (Å²) in [6.45, 7) is 1.81. The molecule has 0 atom stereocenters. The number of rotatable bonds is 4. The van der Waals surface area contributed by atoms with Gasteiger partial charge in [0.05, 0.1) is 17.6 Å². The zero-order valence-electron chi connectivity index (χ0n) is 14.4. The van der Waals surface area contributed by atoms with Crippen molar-refractivity contribution in [1.29, 1.82) is 0 Å². The highest BCUT2D eigenvalue weighted by Crippen LogP contribution is 2.24. The molecular formula is C18H17F2N7. The highest BCUT2D eigenvalue weighted by atomic mass is 19.1. The summed E-state index contributed by atoms with van der Waals surface area (Å²) in [5, 5.41) is 9.44. The van der Waals surface area contributed by atoms with Crippen molar-refractivity contribution in [3.63, 3.8) is 0 Å². The van der Waals surface area contributed by atoms with E-state index in [0.29, 0.717) is 5.82 Å². The quantitative estimate of drug-likeness (QED) is 0.416. The van der Waals surface area contributed by atoms with E-state index in [4.69, 9.17) is 11.5 Å². The van der Waals surface area contributed by atoms with Crippen LogP contribution in [-0.2, 0) is 0 Å². The van der Waals surface area contributed by atoms with E-state index in [-0.39, 0.29) is 28.5 Å². The second kappa shape index (κ2) is 7.65. The molecule has 0 fully saturated rings. The summed E-state index contributed by atoms with van der Waals surface area (Å²) in [6.07, 6.45) is 2.40. The molecule has 138 valence electrons. The molecule has 0 saturated heterocycles. The number of pyridine rings is 1. The van der Waals surface area contributed by atoms with E-state index in [1.807, 2.05) is 6.92 Å². The van der Waals surface area contributed by atoms with Crippen molar-refractivity contribution < 1.29 is 8.78 Å². The summed E-state index contributed by atoms with van der Waals surface area (Å²) in [6, 6.07) is 8.97. The van der Waals surface area contributed by atoms with Gasteiger partial charge in [-0.1, -0.05) is 12.1 Å². The molecule has 9 heteroatoms. The maximum atomic E-state index is 14.4. The molecule has 2 heterocycles. The van der Waals surface area contributed by atoms with Gasteiger partial charge in [0.15, 0.2) is 17.6 Å². The van der Waals surface area contributed by atoms with Crippen molar-refractivity contribution in [2.24, 2.45) is 16.5 Å². The van der Waals surface area contributed by atoms with Crippen LogP contribution in [0.4, 0.5) is 14.6 Å². The van der Waals surface area contributed by atoms with Crippen molar-refractivity contribution in [3.8, 4) is 0 Å². The summed E-state index contributed by atoms with van der Waals surface area (Å²) < 4.78 is 28.5. The fraction of sp³-hybridized carbons (Fsp3) is 0.0556. The first-order chi connectivity index (χ1) is 13.0. The van der Waals surface area contributed by atoms with Gasteiger partial charge in [-0.3, -0.25) is 10.1 Å². The Hall–Kier alpha value is -3.75. The summed E-state index contributed by atoms with van der Waals surface area (Å²) in [5.41, 5.74) is 13.1. The van der Waals surface area contributed by atoms with Crippen molar-refractivity contribution >= 4 is 23.2 Å². The number of nitrogens with one attached hydrogen (secondary N) is 2. The third-order valence-corrected chi connectivity index (χ3v) is 3.66. The van der Waals surface area contributed by atoms with Gasteiger partial charge in [0, 0.05) is 29.1 Å². The Morgan fingerprint density at radius 3 is 2.56 bits per heavy atom. The Balaban J connectivity index is 2.08. The third-order valence-electron chi connectivity index (χ3n) is 3.66. The number of aliphatic imine (C=N–C) groups is 1. The maximum Gasteiger partial charge on any atom is 0.200 e. The average molecular weight is 369 g/mol. The molecule has 0 aliphatic heterocycles. The maximum absolute atomic E-state index is 14.4. The van der Waals surface area contributed by atoms with Crippen molar-refractivity contribution in [1.82, 2.24) is 20.5 Å². The molecule has 0 saturated carbocycles. The number of halogens is 2. The third kappa shape index (κ3) is 4.09. The molecular weight excluding hydrogens is 352 g/mol. The van der Waals surface area contributed by atoms with E-state index < -0.39 is 11.6 Å². The van der Waals surface area contributed by atoms with Crippen LogP contribution in [0, 0.1) is 18.6 Å². The van der Waals surface area contributed by atoms with Crippen LogP contribution in [0.1, 0.15) is 16.8 Å². The van der Waals surface area contributed by atoms with E-state index in [9.17, 15) is 8.78 Å². The van der Waals surface area contributed by atoms with Gasteiger partial charge >= 0.3 is 0 Å². The molecule has 1 aromatic carbocycles. The largest absolute Gasteiger partial charge is 0.396 e. The molecule has 0 unspecified atom stereocenters. The minimum Gasteiger partial charge on any atom is -0.396 e. The van der Waals surface area contributed by atoms with Gasteiger partial charge in [0.25, 0.3) is 0 Å². The topological polar surface area (TPSA) is 118 Å². The van der Waals surface area contributed by atoms with E-state index in [1.165, 1.54) is 30.5 Å². The Bertz CT molecular complexity index is 1020. The van der Waals surface area contributed by atoms with Crippen LogP contribution < -0.4 is 16.8 Å². The van der Waals surface area contributed by atoms with Crippen LogP contribution in [0.25, 0.3) is 11.4 Å². The number of nitrogens with two attached hydrogens (primary N) is 2. The predicted molar refractivity (Wildman–Crippen MR) is 99.3 cm³/mol. The number of aryl methyl sites for hydroxylation is 1. The van der Waals surface area contributed by atoms with Crippen molar-refractivity contribution in [2.75, 3.05) is 0 Å². The molecule has 0 radical (unpaired) electrons. The van der Waals surface area contributed by atoms with Crippen LogP contribution in [0.3, 0.4) is 0 Å². The smallest absolute Gasteiger partial charge is 0.200 e. The van der Waals surface area contributed by atoms with Gasteiger partial charge in [0.1, 0.15) is 5.82 Å². The van der Waals surface area contributed by atoms with E-state index in [0.717, 1.165) is 11.9 Å².